The third-order valence-electron chi connectivity index (χ3n) is 9.23. The molecule has 9 heteroatoms. The van der Waals surface area contributed by atoms with Crippen LogP contribution in [0.15, 0.2) is 36.0 Å². The summed E-state index contributed by atoms with van der Waals surface area (Å²) in [4.78, 5) is 37.8. The van der Waals surface area contributed by atoms with E-state index in [0.29, 0.717) is 25.9 Å². The molecule has 0 amide bonds. The number of rotatable bonds is 0. The normalized spacial score (nSPS) is 46.8. The number of cyclic esters (lactones) is 2. The molecule has 5 aliphatic rings. The summed E-state index contributed by atoms with van der Waals surface area (Å²) in [7, 11) is 0. The highest BCUT2D eigenvalue weighted by atomic mass is 16.6. The van der Waals surface area contributed by atoms with E-state index in [1.54, 1.807) is 0 Å². The summed E-state index contributed by atoms with van der Waals surface area (Å²) in [6.45, 7) is 6.70. The summed E-state index contributed by atoms with van der Waals surface area (Å²) in [5.41, 5.74) is 5.57. The van der Waals surface area contributed by atoms with Crippen molar-refractivity contribution < 1.29 is 38.1 Å². The number of carbonyl (C=O) groups is 3. The lowest BCUT2D eigenvalue weighted by Gasteiger charge is -2.58. The lowest BCUT2D eigenvalue weighted by Crippen LogP contribution is -2.67. The van der Waals surface area contributed by atoms with Crippen molar-refractivity contribution in [1.82, 2.24) is 0 Å². The van der Waals surface area contributed by atoms with Crippen LogP contribution >= 0.6 is 0 Å². The Labute approximate surface area is 211 Å². The van der Waals surface area contributed by atoms with Crippen molar-refractivity contribution in [2.24, 2.45) is 22.5 Å². The van der Waals surface area contributed by atoms with Gasteiger partial charge in [-0.25, -0.2) is 9.59 Å². The van der Waals surface area contributed by atoms with Gasteiger partial charge in [0.15, 0.2) is 0 Å². The lowest BCUT2D eigenvalue weighted by molar-refractivity contribution is -0.233. The van der Waals surface area contributed by atoms with Crippen LogP contribution in [-0.4, -0.2) is 67.7 Å². The summed E-state index contributed by atoms with van der Waals surface area (Å²) in [5.74, 6) is -1.84. The van der Waals surface area contributed by atoms with Gasteiger partial charge >= 0.3 is 17.9 Å². The van der Waals surface area contributed by atoms with Crippen molar-refractivity contribution in [2.75, 3.05) is 19.8 Å². The van der Waals surface area contributed by atoms with Gasteiger partial charge in [0.25, 0.3) is 0 Å². The van der Waals surface area contributed by atoms with Gasteiger partial charge in [-0.1, -0.05) is 37.6 Å². The number of nitrogens with two attached hydrogens (primary N) is 1. The first-order valence-corrected chi connectivity index (χ1v) is 12.7. The molecule has 8 atom stereocenters. The van der Waals surface area contributed by atoms with E-state index in [2.05, 4.69) is 19.9 Å². The maximum Gasteiger partial charge on any atom is 0.331 e. The van der Waals surface area contributed by atoms with Gasteiger partial charge in [-0.15, -0.1) is 0 Å². The first-order valence-electron chi connectivity index (χ1n) is 12.7. The van der Waals surface area contributed by atoms with E-state index < -0.39 is 46.5 Å². The summed E-state index contributed by atoms with van der Waals surface area (Å²) in [6.07, 6.45) is 8.93. The molecule has 3 fully saturated rings. The molecule has 2 aliphatic carbocycles. The van der Waals surface area contributed by atoms with Crippen molar-refractivity contribution >= 4 is 17.9 Å². The second kappa shape index (κ2) is 9.11. The van der Waals surface area contributed by atoms with Crippen LogP contribution in [0.2, 0.25) is 0 Å². The highest BCUT2D eigenvalue weighted by Gasteiger charge is 2.83. The molecule has 0 aromatic carbocycles. The molecule has 2 saturated heterocycles. The van der Waals surface area contributed by atoms with Gasteiger partial charge in [-0.2, -0.15) is 0 Å². The lowest BCUT2D eigenvalue weighted by atomic mass is 9.51. The van der Waals surface area contributed by atoms with Gasteiger partial charge < -0.3 is 29.4 Å². The molecule has 196 valence electrons. The third kappa shape index (κ3) is 3.83. The van der Waals surface area contributed by atoms with E-state index in [4.69, 9.17) is 29.4 Å². The maximum absolute atomic E-state index is 13.1. The molecule has 3 aliphatic heterocycles. The highest BCUT2D eigenvalue weighted by molar-refractivity contribution is 5.84. The van der Waals surface area contributed by atoms with Gasteiger partial charge in [0.2, 0.25) is 0 Å². The van der Waals surface area contributed by atoms with Crippen molar-refractivity contribution in [1.29, 1.82) is 0 Å². The smallest absolute Gasteiger partial charge is 0.331 e. The number of hydrogen-bond donors (Lipinski definition) is 1. The minimum atomic E-state index is -0.870. The fraction of sp³-hybridized carbons (Fsp3) is 0.667. The van der Waals surface area contributed by atoms with Crippen molar-refractivity contribution in [3.63, 3.8) is 0 Å². The van der Waals surface area contributed by atoms with Gasteiger partial charge in [0.05, 0.1) is 30.8 Å². The average molecular weight is 502 g/mol. The molecule has 2 unspecified atom stereocenters. The Morgan fingerprint density at radius 2 is 1.75 bits per heavy atom. The van der Waals surface area contributed by atoms with Crippen molar-refractivity contribution in [3.05, 3.63) is 36.0 Å². The predicted octanol–water partition coefficient (Wildman–Crippen LogP) is 2.14. The van der Waals surface area contributed by atoms with Crippen LogP contribution in [0, 0.1) is 16.7 Å². The number of esters is 3. The third-order valence-corrected chi connectivity index (χ3v) is 9.23. The zero-order chi connectivity index (χ0) is 25.7. The van der Waals surface area contributed by atoms with Crippen LogP contribution in [0.3, 0.4) is 0 Å². The molecule has 0 aromatic heterocycles. The zero-order valence-electron chi connectivity index (χ0n) is 21.1. The Morgan fingerprint density at radius 3 is 2.47 bits per heavy atom. The Morgan fingerprint density at radius 1 is 1.03 bits per heavy atom. The summed E-state index contributed by atoms with van der Waals surface area (Å²) < 4.78 is 29.8. The van der Waals surface area contributed by atoms with E-state index in [1.807, 2.05) is 6.92 Å². The predicted molar refractivity (Wildman–Crippen MR) is 127 cm³/mol. The topological polar surface area (TPSA) is 127 Å². The molecule has 0 radical (unpaired) electrons. The molecule has 2 spiro atoms. The number of ether oxygens (including phenoxy) is 5. The van der Waals surface area contributed by atoms with E-state index in [9.17, 15) is 14.4 Å². The Bertz CT molecular complexity index is 1030. The minimum Gasteiger partial charge on any atom is -0.464 e. The largest absolute Gasteiger partial charge is 0.464 e. The second-order valence-corrected chi connectivity index (χ2v) is 11.0. The molecule has 2 bridgehead atoms. The summed E-state index contributed by atoms with van der Waals surface area (Å²) in [6, 6.07) is -0.870. The molecule has 0 aromatic rings. The molecular formula is C27H35NO8. The Balaban J connectivity index is 1.52. The Kier molecular flexibility index (Phi) is 6.37. The molecule has 5 rings (SSSR count). The minimum absolute atomic E-state index is 0.0800. The standard InChI is InChI=1S/C27H35NO8/c1-16-8-10-26-14-33-24(31)23(28)17(2)9-11-32-21(29)6-4-5-7-22(30)36-18-13-20(35-19(26)12-16)27(15-34-27)25(18,26)3/h4-7,12,17-20,23H,8-11,13-15,28H2,1-3H3/b6-4+,7-5-/t17-,18-,19?,20-,23?,25-,26-,27+/m1/s1. The van der Waals surface area contributed by atoms with Gasteiger partial charge in [-0.3, -0.25) is 4.79 Å². The first kappa shape index (κ1) is 25.2. The summed E-state index contributed by atoms with van der Waals surface area (Å²) >= 11 is 0. The molecule has 2 N–H and O–H groups in total. The van der Waals surface area contributed by atoms with Gasteiger partial charge in [0, 0.05) is 24.0 Å². The average Bonchev–Trinajstić information content (AvgIpc) is 3.62. The quantitative estimate of drug-likeness (QED) is 0.230. The first-order chi connectivity index (χ1) is 17.1. The molecular weight excluding hydrogens is 466 g/mol. The molecule has 9 nitrogen and oxygen atoms in total. The van der Waals surface area contributed by atoms with Crippen LogP contribution < -0.4 is 5.73 Å². The monoisotopic (exact) mass is 501 g/mol. The van der Waals surface area contributed by atoms with Gasteiger partial charge in [0.1, 0.15) is 24.4 Å². The maximum atomic E-state index is 13.1. The molecule has 3 heterocycles. The van der Waals surface area contributed by atoms with E-state index >= 15 is 0 Å². The van der Waals surface area contributed by atoms with E-state index in [1.165, 1.54) is 29.9 Å². The second-order valence-electron chi connectivity index (χ2n) is 11.0. The fourth-order valence-corrected chi connectivity index (χ4v) is 6.68. The van der Waals surface area contributed by atoms with Crippen molar-refractivity contribution in [3.8, 4) is 0 Å². The summed E-state index contributed by atoms with van der Waals surface area (Å²) in [5, 5.41) is 0. The van der Waals surface area contributed by atoms with Crippen LogP contribution in [0.4, 0.5) is 0 Å². The highest BCUT2D eigenvalue weighted by Crippen LogP contribution is 2.72. The SMILES string of the molecule is CC1=CC2O[C@@H]3C[C@H]4OC(=O)/C=C\C=C\C(=O)OCC[C@@H](C)C(N)C(=O)OC[C@@]2(CC1)[C@]4(C)[C@]31CO1. The van der Waals surface area contributed by atoms with Crippen LogP contribution in [0.25, 0.3) is 0 Å². The number of allylic oxidation sites excluding steroid dienone is 3. The fourth-order valence-electron chi connectivity index (χ4n) is 6.68. The Hall–Kier alpha value is -2.49. The zero-order valence-corrected chi connectivity index (χ0v) is 21.1. The van der Waals surface area contributed by atoms with Crippen LogP contribution in [0.5, 0.6) is 0 Å². The van der Waals surface area contributed by atoms with Gasteiger partial charge in [-0.05, 0) is 32.1 Å². The molecule has 36 heavy (non-hydrogen) atoms. The van der Waals surface area contributed by atoms with E-state index in [0.717, 1.165) is 6.42 Å². The number of epoxide rings is 1. The van der Waals surface area contributed by atoms with E-state index in [-0.39, 0.29) is 31.3 Å². The van der Waals surface area contributed by atoms with Crippen molar-refractivity contribution in [2.45, 2.75) is 76.4 Å². The number of hydrogen-bond acceptors (Lipinski definition) is 9. The van der Waals surface area contributed by atoms with Crippen LogP contribution in [-0.2, 0) is 38.1 Å². The van der Waals surface area contributed by atoms with Crippen LogP contribution in [0.1, 0.15) is 46.5 Å². The molecule has 1 saturated carbocycles. The number of carbonyl (C=O) groups excluding carboxylic acids is 3.